The third-order valence-corrected chi connectivity index (χ3v) is 6.64. The fourth-order valence-corrected chi connectivity index (χ4v) is 5.15. The van der Waals surface area contributed by atoms with Crippen LogP contribution in [0.15, 0.2) is 30.3 Å². The molecule has 1 aromatic heterocycles. The number of thiophene rings is 1. The number of carbonyl (C=O) groups excluding carboxylic acids is 1. The predicted octanol–water partition coefficient (Wildman–Crippen LogP) is 3.93. The third kappa shape index (κ3) is 2.77. The summed E-state index contributed by atoms with van der Waals surface area (Å²) < 4.78 is 1.18. The molecule has 3 aliphatic heterocycles. The minimum absolute atomic E-state index is 0. The first-order valence-corrected chi connectivity index (χ1v) is 8.92. The molecule has 3 fully saturated rings. The van der Waals surface area contributed by atoms with Crippen molar-refractivity contribution < 1.29 is 4.79 Å². The zero-order valence-electron chi connectivity index (χ0n) is 13.5. The van der Waals surface area contributed by atoms with E-state index in [2.05, 4.69) is 36.2 Å². The highest BCUT2D eigenvalue weighted by molar-refractivity contribution is 7.20. The lowest BCUT2D eigenvalue weighted by Gasteiger charge is -2.56. The first-order chi connectivity index (χ1) is 10.6. The lowest BCUT2D eigenvalue weighted by atomic mass is 9.72. The van der Waals surface area contributed by atoms with E-state index in [-0.39, 0.29) is 29.9 Å². The van der Waals surface area contributed by atoms with E-state index in [0.29, 0.717) is 5.92 Å². The number of fused-ring (bicyclic) bond motifs is 4. The van der Waals surface area contributed by atoms with Gasteiger partial charge in [0.05, 0.1) is 4.88 Å². The molecule has 5 heteroatoms. The van der Waals surface area contributed by atoms with Crippen molar-refractivity contribution in [1.29, 1.82) is 0 Å². The van der Waals surface area contributed by atoms with Crippen molar-refractivity contribution in [3.05, 3.63) is 35.2 Å². The van der Waals surface area contributed by atoms with E-state index in [4.69, 9.17) is 0 Å². The van der Waals surface area contributed by atoms with Crippen molar-refractivity contribution in [3.63, 3.8) is 0 Å². The Bertz CT molecular complexity index is 686. The summed E-state index contributed by atoms with van der Waals surface area (Å²) in [7, 11) is 0. The molecule has 1 N–H and O–H groups in total. The molecule has 0 radical (unpaired) electrons. The van der Waals surface area contributed by atoms with E-state index in [9.17, 15) is 4.79 Å². The predicted molar refractivity (Wildman–Crippen MR) is 98.7 cm³/mol. The van der Waals surface area contributed by atoms with E-state index in [1.165, 1.54) is 30.6 Å². The van der Waals surface area contributed by atoms with Crippen LogP contribution in [0.4, 0.5) is 0 Å². The normalized spacial score (nSPS) is 28.3. The van der Waals surface area contributed by atoms with Gasteiger partial charge in [0, 0.05) is 16.3 Å². The van der Waals surface area contributed by atoms with Gasteiger partial charge in [-0.1, -0.05) is 18.2 Å². The molecule has 1 atom stereocenters. The van der Waals surface area contributed by atoms with Crippen molar-refractivity contribution in [2.24, 2.45) is 5.92 Å². The van der Waals surface area contributed by atoms with Crippen LogP contribution in [0.25, 0.3) is 10.1 Å². The van der Waals surface area contributed by atoms with Crippen LogP contribution in [0.5, 0.6) is 0 Å². The zero-order chi connectivity index (χ0) is 15.3. The minimum atomic E-state index is 0. The Balaban J connectivity index is 0.00000156. The van der Waals surface area contributed by atoms with Gasteiger partial charge >= 0.3 is 0 Å². The zero-order valence-corrected chi connectivity index (χ0v) is 15.2. The van der Waals surface area contributed by atoms with Crippen LogP contribution in [0.3, 0.4) is 0 Å². The molecule has 23 heavy (non-hydrogen) atoms. The molecule has 124 valence electrons. The molecule has 5 rings (SSSR count). The molecule has 0 spiro atoms. The maximum atomic E-state index is 12.7. The van der Waals surface area contributed by atoms with E-state index in [1.54, 1.807) is 11.3 Å². The molecule has 0 saturated carbocycles. The largest absolute Gasteiger partial charge is 0.346 e. The maximum absolute atomic E-state index is 12.7. The van der Waals surface area contributed by atoms with Crippen LogP contribution in [-0.4, -0.2) is 35.5 Å². The van der Waals surface area contributed by atoms with Crippen molar-refractivity contribution in [1.82, 2.24) is 10.2 Å². The maximum Gasteiger partial charge on any atom is 0.261 e. The number of hydrogen-bond donors (Lipinski definition) is 1. The van der Waals surface area contributed by atoms with Crippen molar-refractivity contribution in [2.75, 3.05) is 13.1 Å². The Labute approximate surface area is 147 Å². The summed E-state index contributed by atoms with van der Waals surface area (Å²) in [5.74, 6) is 0.714. The molecular formula is C18H23ClN2OS. The Kier molecular flexibility index (Phi) is 4.43. The van der Waals surface area contributed by atoms with E-state index < -0.39 is 0 Å². The van der Waals surface area contributed by atoms with Crippen LogP contribution >= 0.6 is 23.7 Å². The summed E-state index contributed by atoms with van der Waals surface area (Å²) in [6, 6.07) is 10.5. The Hall–Kier alpha value is -1.10. The van der Waals surface area contributed by atoms with E-state index in [1.807, 2.05) is 18.2 Å². The summed E-state index contributed by atoms with van der Waals surface area (Å²) in [5.41, 5.74) is 0.0630. The molecule has 1 aromatic carbocycles. The first kappa shape index (κ1) is 16.7. The fourth-order valence-electron chi connectivity index (χ4n) is 4.18. The topological polar surface area (TPSA) is 32.3 Å². The molecule has 0 aliphatic carbocycles. The monoisotopic (exact) mass is 350 g/mol. The van der Waals surface area contributed by atoms with Gasteiger partial charge in [-0.25, -0.2) is 0 Å². The number of nitrogens with zero attached hydrogens (tertiary/aromatic N) is 1. The number of hydrogen-bond acceptors (Lipinski definition) is 3. The molecule has 2 aromatic rings. The highest BCUT2D eigenvalue weighted by atomic mass is 35.5. The Morgan fingerprint density at radius 1 is 1.26 bits per heavy atom. The van der Waals surface area contributed by atoms with Gasteiger partial charge in [0.25, 0.3) is 5.91 Å². The van der Waals surface area contributed by atoms with Crippen LogP contribution < -0.4 is 5.32 Å². The molecule has 1 amide bonds. The summed E-state index contributed by atoms with van der Waals surface area (Å²) in [6.45, 7) is 6.89. The highest BCUT2D eigenvalue weighted by Crippen LogP contribution is 2.39. The second-order valence-corrected chi connectivity index (χ2v) is 8.16. The van der Waals surface area contributed by atoms with Crippen molar-refractivity contribution >= 4 is 39.7 Å². The Morgan fingerprint density at radius 2 is 1.96 bits per heavy atom. The van der Waals surface area contributed by atoms with Crippen LogP contribution in [0.1, 0.15) is 36.4 Å². The fraction of sp³-hybridized carbons (Fsp3) is 0.500. The number of rotatable bonds is 2. The van der Waals surface area contributed by atoms with Gasteiger partial charge in [-0.2, -0.15) is 0 Å². The van der Waals surface area contributed by atoms with Crippen LogP contribution in [0, 0.1) is 5.92 Å². The van der Waals surface area contributed by atoms with Gasteiger partial charge in [-0.05, 0) is 63.2 Å². The number of nitrogens with one attached hydrogen (secondary N) is 1. The van der Waals surface area contributed by atoms with Gasteiger partial charge in [-0.15, -0.1) is 23.7 Å². The van der Waals surface area contributed by atoms with Crippen molar-refractivity contribution in [2.45, 2.75) is 38.3 Å². The van der Waals surface area contributed by atoms with Gasteiger partial charge in [-0.3, -0.25) is 9.69 Å². The second-order valence-electron chi connectivity index (χ2n) is 7.08. The van der Waals surface area contributed by atoms with E-state index in [0.717, 1.165) is 10.3 Å². The number of amides is 1. The molecule has 0 unspecified atom stereocenters. The quantitative estimate of drug-likeness (QED) is 0.890. The molecule has 3 nitrogen and oxygen atoms in total. The van der Waals surface area contributed by atoms with Crippen LogP contribution in [0.2, 0.25) is 0 Å². The molecule has 3 saturated heterocycles. The standard InChI is InChI=1S/C18H22N2OS.ClH/c1-18(2)16(12-7-9-20(18)10-8-12)19-17(21)15-11-13-5-3-4-6-14(13)22-15;/h3-6,11-12,16H,7-10H2,1-2H3,(H,19,21);1H/t16-;/m1./s1. The number of benzene rings is 1. The lowest BCUT2D eigenvalue weighted by molar-refractivity contribution is -0.0377. The lowest BCUT2D eigenvalue weighted by Crippen LogP contribution is -2.69. The summed E-state index contributed by atoms with van der Waals surface area (Å²) in [6.07, 6.45) is 2.42. The minimum Gasteiger partial charge on any atom is -0.346 e. The molecule has 3 aliphatic rings. The second kappa shape index (κ2) is 6.08. The van der Waals surface area contributed by atoms with E-state index >= 15 is 0 Å². The summed E-state index contributed by atoms with van der Waals surface area (Å²) >= 11 is 1.59. The average Bonchev–Trinajstić information content (AvgIpc) is 2.95. The SMILES string of the molecule is CC1(C)[C@H](NC(=O)c2cc3ccccc3s2)C2CCN1CC2.Cl. The van der Waals surface area contributed by atoms with Gasteiger partial charge in [0.1, 0.15) is 0 Å². The first-order valence-electron chi connectivity index (χ1n) is 8.10. The number of halogens is 1. The number of piperidine rings is 3. The summed E-state index contributed by atoms with van der Waals surface area (Å²) in [4.78, 5) is 16.1. The molecule has 4 heterocycles. The van der Waals surface area contributed by atoms with Crippen LogP contribution in [-0.2, 0) is 0 Å². The highest BCUT2D eigenvalue weighted by Gasteiger charge is 2.48. The molecule has 2 bridgehead atoms. The van der Waals surface area contributed by atoms with Gasteiger partial charge < -0.3 is 5.32 Å². The van der Waals surface area contributed by atoms with Gasteiger partial charge in [0.15, 0.2) is 0 Å². The Morgan fingerprint density at radius 3 is 2.61 bits per heavy atom. The smallest absolute Gasteiger partial charge is 0.261 e. The molecular weight excluding hydrogens is 328 g/mol. The number of carbonyl (C=O) groups is 1. The van der Waals surface area contributed by atoms with Crippen molar-refractivity contribution in [3.8, 4) is 0 Å². The average molecular weight is 351 g/mol. The third-order valence-electron chi connectivity index (χ3n) is 5.52. The van der Waals surface area contributed by atoms with Gasteiger partial charge in [0.2, 0.25) is 0 Å². The summed E-state index contributed by atoms with van der Waals surface area (Å²) in [5, 5.41) is 4.51.